The first-order valence-corrected chi connectivity index (χ1v) is 8.19. The topological polar surface area (TPSA) is 36.4 Å². The SMILES string of the molecule is CN1CCN(Cc2ccccc2-c2nc(CCl)cs2)C1=O. The second-order valence-electron chi connectivity index (χ2n) is 5.06. The lowest BCUT2D eigenvalue weighted by atomic mass is 10.1. The Morgan fingerprint density at radius 3 is 2.81 bits per heavy atom. The molecule has 1 aliphatic rings. The van der Waals surface area contributed by atoms with E-state index in [0.29, 0.717) is 12.4 Å². The van der Waals surface area contributed by atoms with Crippen molar-refractivity contribution in [1.29, 1.82) is 0 Å². The standard InChI is InChI=1S/C15H16ClN3OS/c1-18-6-7-19(15(18)20)9-11-4-2-3-5-13(11)14-17-12(8-16)10-21-14/h2-5,10H,6-9H2,1H3. The summed E-state index contributed by atoms with van der Waals surface area (Å²) in [6.07, 6.45) is 0. The molecule has 0 spiro atoms. The van der Waals surface area contributed by atoms with Crippen molar-refractivity contribution in [3.63, 3.8) is 0 Å². The van der Waals surface area contributed by atoms with Gasteiger partial charge in [-0.15, -0.1) is 22.9 Å². The van der Waals surface area contributed by atoms with Crippen molar-refractivity contribution in [2.24, 2.45) is 0 Å². The smallest absolute Gasteiger partial charge is 0.320 e. The summed E-state index contributed by atoms with van der Waals surface area (Å²) in [5.74, 6) is 0.425. The molecule has 3 rings (SSSR count). The fourth-order valence-corrected chi connectivity index (χ4v) is 3.52. The molecule has 2 amide bonds. The van der Waals surface area contributed by atoms with Crippen molar-refractivity contribution in [3.8, 4) is 10.6 Å². The van der Waals surface area contributed by atoms with Gasteiger partial charge >= 0.3 is 6.03 Å². The molecule has 0 saturated carbocycles. The van der Waals surface area contributed by atoms with E-state index in [2.05, 4.69) is 17.1 Å². The molecule has 1 aliphatic heterocycles. The maximum Gasteiger partial charge on any atom is 0.320 e. The maximum absolute atomic E-state index is 12.0. The maximum atomic E-state index is 12.0. The summed E-state index contributed by atoms with van der Waals surface area (Å²) in [6.45, 7) is 2.18. The number of benzene rings is 1. The summed E-state index contributed by atoms with van der Waals surface area (Å²) in [5.41, 5.74) is 3.10. The van der Waals surface area contributed by atoms with Crippen molar-refractivity contribution in [2.75, 3.05) is 20.1 Å². The monoisotopic (exact) mass is 321 g/mol. The number of halogens is 1. The Kier molecular flexibility index (Phi) is 4.12. The van der Waals surface area contributed by atoms with Crippen LogP contribution in [0.1, 0.15) is 11.3 Å². The van der Waals surface area contributed by atoms with E-state index in [1.807, 2.05) is 29.5 Å². The molecule has 0 N–H and O–H groups in total. The van der Waals surface area contributed by atoms with Gasteiger partial charge in [-0.1, -0.05) is 24.3 Å². The molecule has 1 saturated heterocycles. The van der Waals surface area contributed by atoms with Crippen molar-refractivity contribution in [3.05, 3.63) is 40.9 Å². The molecule has 1 aromatic carbocycles. The van der Waals surface area contributed by atoms with E-state index in [9.17, 15) is 4.79 Å². The minimum Gasteiger partial charge on any atom is -0.326 e. The predicted octanol–water partition coefficient (Wildman–Crippen LogP) is 3.42. The molecule has 110 valence electrons. The molecule has 2 heterocycles. The van der Waals surface area contributed by atoms with Gasteiger partial charge < -0.3 is 9.80 Å². The van der Waals surface area contributed by atoms with Crippen molar-refractivity contribution in [1.82, 2.24) is 14.8 Å². The number of carbonyl (C=O) groups excluding carboxylic acids is 1. The molecule has 0 unspecified atom stereocenters. The van der Waals surface area contributed by atoms with Crippen LogP contribution < -0.4 is 0 Å². The van der Waals surface area contributed by atoms with E-state index in [-0.39, 0.29) is 6.03 Å². The Bertz CT molecular complexity index is 658. The number of thiazole rings is 1. The minimum absolute atomic E-state index is 0.0883. The highest BCUT2D eigenvalue weighted by atomic mass is 35.5. The number of likely N-dealkylation sites (N-methyl/N-ethyl adjacent to an activating group) is 1. The number of urea groups is 1. The Hall–Kier alpha value is -1.59. The zero-order valence-electron chi connectivity index (χ0n) is 11.8. The molecule has 4 nitrogen and oxygen atoms in total. The summed E-state index contributed by atoms with van der Waals surface area (Å²) in [6, 6.07) is 8.20. The normalized spacial score (nSPS) is 15.0. The molecule has 0 atom stereocenters. The lowest BCUT2D eigenvalue weighted by molar-refractivity contribution is 0.197. The van der Waals surface area contributed by atoms with Crippen LogP contribution in [-0.2, 0) is 12.4 Å². The van der Waals surface area contributed by atoms with Crippen LogP contribution in [0.25, 0.3) is 10.6 Å². The molecule has 21 heavy (non-hydrogen) atoms. The highest BCUT2D eigenvalue weighted by Crippen LogP contribution is 2.29. The molecule has 2 aromatic rings. The van der Waals surface area contributed by atoms with E-state index in [0.717, 1.165) is 34.9 Å². The second kappa shape index (κ2) is 6.03. The van der Waals surface area contributed by atoms with Crippen molar-refractivity contribution >= 4 is 29.0 Å². The highest BCUT2D eigenvalue weighted by molar-refractivity contribution is 7.13. The quantitative estimate of drug-likeness (QED) is 0.809. The van der Waals surface area contributed by atoms with Gasteiger partial charge in [0, 0.05) is 37.6 Å². The van der Waals surface area contributed by atoms with E-state index < -0.39 is 0 Å². The second-order valence-corrected chi connectivity index (χ2v) is 6.19. The first-order valence-electron chi connectivity index (χ1n) is 6.77. The van der Waals surface area contributed by atoms with Gasteiger partial charge in [0.2, 0.25) is 0 Å². The average Bonchev–Trinajstić information content (AvgIpc) is 3.10. The van der Waals surface area contributed by atoms with Crippen LogP contribution in [-0.4, -0.2) is 41.0 Å². The molecule has 1 fully saturated rings. The zero-order valence-corrected chi connectivity index (χ0v) is 13.3. The highest BCUT2D eigenvalue weighted by Gasteiger charge is 2.26. The summed E-state index contributed by atoms with van der Waals surface area (Å²) in [5, 5.41) is 2.94. The Labute approximate surface area is 133 Å². The van der Waals surface area contributed by atoms with Crippen LogP contribution >= 0.6 is 22.9 Å². The van der Waals surface area contributed by atoms with Gasteiger partial charge in [-0.05, 0) is 5.56 Å². The summed E-state index contributed by atoms with van der Waals surface area (Å²) in [4.78, 5) is 20.2. The number of aromatic nitrogens is 1. The molecule has 0 radical (unpaired) electrons. The molecule has 0 bridgehead atoms. The van der Waals surface area contributed by atoms with Crippen molar-refractivity contribution < 1.29 is 4.79 Å². The van der Waals surface area contributed by atoms with Crippen LogP contribution in [0.3, 0.4) is 0 Å². The van der Waals surface area contributed by atoms with Gasteiger partial charge in [-0.2, -0.15) is 0 Å². The molecular weight excluding hydrogens is 306 g/mol. The molecule has 6 heteroatoms. The summed E-state index contributed by atoms with van der Waals surface area (Å²) >= 11 is 7.42. The predicted molar refractivity (Wildman–Crippen MR) is 85.5 cm³/mol. The number of amides is 2. The fourth-order valence-electron chi connectivity index (χ4n) is 2.41. The third-order valence-corrected chi connectivity index (χ3v) is 4.80. The average molecular weight is 322 g/mol. The third-order valence-electron chi connectivity index (χ3n) is 3.60. The first-order chi connectivity index (χ1) is 10.2. The summed E-state index contributed by atoms with van der Waals surface area (Å²) < 4.78 is 0. The van der Waals surface area contributed by atoms with Crippen molar-refractivity contribution in [2.45, 2.75) is 12.4 Å². The number of carbonyl (C=O) groups is 1. The number of alkyl halides is 1. The van der Waals surface area contributed by atoms with Gasteiger partial charge in [0.05, 0.1) is 11.6 Å². The first kappa shape index (κ1) is 14.4. The minimum atomic E-state index is 0.0883. The Balaban J connectivity index is 1.87. The van der Waals surface area contributed by atoms with Gasteiger partial charge in [0.25, 0.3) is 0 Å². The number of rotatable bonds is 4. The van der Waals surface area contributed by atoms with Crippen LogP contribution in [0.2, 0.25) is 0 Å². The summed E-state index contributed by atoms with van der Waals surface area (Å²) in [7, 11) is 1.84. The largest absolute Gasteiger partial charge is 0.326 e. The molecule has 0 aliphatic carbocycles. The Morgan fingerprint density at radius 2 is 2.14 bits per heavy atom. The lowest BCUT2D eigenvalue weighted by Gasteiger charge is -2.17. The van der Waals surface area contributed by atoms with E-state index in [1.165, 1.54) is 0 Å². The van der Waals surface area contributed by atoms with Crippen LogP contribution in [0.4, 0.5) is 4.79 Å². The molecule has 1 aromatic heterocycles. The zero-order chi connectivity index (χ0) is 14.8. The number of hydrogen-bond donors (Lipinski definition) is 0. The van der Waals surface area contributed by atoms with Gasteiger partial charge in [-0.25, -0.2) is 9.78 Å². The van der Waals surface area contributed by atoms with Gasteiger partial charge in [-0.3, -0.25) is 0 Å². The van der Waals surface area contributed by atoms with Crippen LogP contribution in [0.15, 0.2) is 29.6 Å². The van der Waals surface area contributed by atoms with E-state index in [1.54, 1.807) is 16.2 Å². The molecular formula is C15H16ClN3OS. The fraction of sp³-hybridized carbons (Fsp3) is 0.333. The number of nitrogens with zero attached hydrogens (tertiary/aromatic N) is 3. The van der Waals surface area contributed by atoms with E-state index >= 15 is 0 Å². The number of hydrogen-bond acceptors (Lipinski definition) is 3. The van der Waals surface area contributed by atoms with Gasteiger partial charge in [0.1, 0.15) is 5.01 Å². The third kappa shape index (κ3) is 2.89. The van der Waals surface area contributed by atoms with Crippen LogP contribution in [0, 0.1) is 0 Å². The van der Waals surface area contributed by atoms with Gasteiger partial charge in [0.15, 0.2) is 0 Å². The Morgan fingerprint density at radius 1 is 1.33 bits per heavy atom. The van der Waals surface area contributed by atoms with Crippen LogP contribution in [0.5, 0.6) is 0 Å². The van der Waals surface area contributed by atoms with E-state index in [4.69, 9.17) is 11.6 Å². The lowest BCUT2D eigenvalue weighted by Crippen LogP contribution is -2.29.